The molecule has 0 aliphatic heterocycles. The predicted molar refractivity (Wildman–Crippen MR) is 129 cm³/mol. The van der Waals surface area contributed by atoms with Crippen molar-refractivity contribution in [2.75, 3.05) is 6.54 Å². The SMILES string of the molecule is CC(C)N(CC(=O)N(Cc1ccc(F)cc1)Cc1cccs1)C(=O)C1C[C@H]1c1ccccc1. The average Bonchev–Trinajstić information content (AvgIpc) is 3.46. The van der Waals surface area contributed by atoms with Crippen LogP contribution in [0.1, 0.15) is 42.2 Å². The molecule has 0 N–H and O–H groups in total. The topological polar surface area (TPSA) is 40.6 Å². The Balaban J connectivity index is 1.47. The molecule has 4 nitrogen and oxygen atoms in total. The quantitative estimate of drug-likeness (QED) is 0.422. The zero-order valence-corrected chi connectivity index (χ0v) is 19.8. The van der Waals surface area contributed by atoms with Gasteiger partial charge in [-0.2, -0.15) is 0 Å². The van der Waals surface area contributed by atoms with Crippen LogP contribution in [-0.2, 0) is 22.7 Å². The van der Waals surface area contributed by atoms with Crippen LogP contribution >= 0.6 is 11.3 Å². The van der Waals surface area contributed by atoms with Crippen LogP contribution in [0.25, 0.3) is 0 Å². The second-order valence-electron chi connectivity index (χ2n) is 8.87. The first-order chi connectivity index (χ1) is 15.9. The van der Waals surface area contributed by atoms with Gasteiger partial charge >= 0.3 is 0 Å². The molecule has 6 heteroatoms. The van der Waals surface area contributed by atoms with Crippen molar-refractivity contribution in [3.63, 3.8) is 0 Å². The van der Waals surface area contributed by atoms with Gasteiger partial charge in [-0.25, -0.2) is 4.39 Å². The van der Waals surface area contributed by atoms with E-state index in [0.29, 0.717) is 13.1 Å². The summed E-state index contributed by atoms with van der Waals surface area (Å²) >= 11 is 1.59. The van der Waals surface area contributed by atoms with Gasteiger partial charge in [0.1, 0.15) is 12.4 Å². The average molecular weight is 465 g/mol. The third kappa shape index (κ3) is 5.88. The van der Waals surface area contributed by atoms with Crippen LogP contribution in [0.4, 0.5) is 4.39 Å². The van der Waals surface area contributed by atoms with E-state index in [0.717, 1.165) is 16.9 Å². The molecule has 2 aromatic carbocycles. The maximum atomic E-state index is 13.4. The van der Waals surface area contributed by atoms with Crippen LogP contribution in [0, 0.1) is 11.7 Å². The number of amides is 2. The van der Waals surface area contributed by atoms with Crippen LogP contribution in [0.15, 0.2) is 72.1 Å². The van der Waals surface area contributed by atoms with E-state index >= 15 is 0 Å². The van der Waals surface area contributed by atoms with Crippen LogP contribution in [0.2, 0.25) is 0 Å². The van der Waals surface area contributed by atoms with Crippen molar-refractivity contribution in [1.82, 2.24) is 9.80 Å². The molecular formula is C27H29FN2O2S. The van der Waals surface area contributed by atoms with Crippen molar-refractivity contribution in [2.45, 2.75) is 45.3 Å². The van der Waals surface area contributed by atoms with Crippen molar-refractivity contribution in [2.24, 2.45) is 5.92 Å². The van der Waals surface area contributed by atoms with Gasteiger partial charge in [0.2, 0.25) is 11.8 Å². The zero-order chi connectivity index (χ0) is 23.4. The smallest absolute Gasteiger partial charge is 0.242 e. The standard InChI is InChI=1S/C27H29FN2O2S/c1-19(2)30(27(32)25-15-24(25)21-7-4-3-5-8-21)18-26(31)29(17-23-9-6-14-33-23)16-20-10-12-22(28)13-11-20/h3-14,19,24-25H,15-18H2,1-2H3/t24-,25?/m0/s1. The lowest BCUT2D eigenvalue weighted by molar-refractivity contribution is -0.143. The normalized spacial score (nSPS) is 17.1. The monoisotopic (exact) mass is 464 g/mol. The summed E-state index contributed by atoms with van der Waals surface area (Å²) in [6.07, 6.45) is 0.828. The fourth-order valence-corrected chi connectivity index (χ4v) is 4.86. The van der Waals surface area contributed by atoms with E-state index in [9.17, 15) is 14.0 Å². The zero-order valence-electron chi connectivity index (χ0n) is 19.0. The molecule has 2 atom stereocenters. The Hall–Kier alpha value is -2.99. The molecule has 1 heterocycles. The van der Waals surface area contributed by atoms with Gasteiger partial charge < -0.3 is 9.80 Å². The minimum absolute atomic E-state index is 0.0427. The first-order valence-corrected chi connectivity index (χ1v) is 12.2. The van der Waals surface area contributed by atoms with E-state index in [1.807, 2.05) is 49.6 Å². The number of carbonyl (C=O) groups is 2. The number of rotatable bonds is 9. The Bertz CT molecular complexity index is 1070. The van der Waals surface area contributed by atoms with E-state index in [-0.39, 0.29) is 42.1 Å². The number of hydrogen-bond acceptors (Lipinski definition) is 3. The van der Waals surface area contributed by atoms with Gasteiger partial charge in [0.05, 0.1) is 6.54 Å². The lowest BCUT2D eigenvalue weighted by Crippen LogP contribution is -2.46. The van der Waals surface area contributed by atoms with Gasteiger partial charge in [0, 0.05) is 23.4 Å². The molecule has 1 saturated carbocycles. The molecule has 2 amide bonds. The van der Waals surface area contributed by atoms with E-state index in [1.54, 1.807) is 33.3 Å². The van der Waals surface area contributed by atoms with Gasteiger partial charge in [-0.3, -0.25) is 9.59 Å². The van der Waals surface area contributed by atoms with Crippen molar-refractivity contribution in [3.8, 4) is 0 Å². The number of nitrogens with zero attached hydrogens (tertiary/aromatic N) is 2. The molecule has 0 saturated heterocycles. The summed E-state index contributed by atoms with van der Waals surface area (Å²) in [6, 6.07) is 20.2. The van der Waals surface area contributed by atoms with E-state index < -0.39 is 0 Å². The fraction of sp³-hybridized carbons (Fsp3) is 0.333. The van der Waals surface area contributed by atoms with Crippen molar-refractivity contribution in [3.05, 3.63) is 93.9 Å². The van der Waals surface area contributed by atoms with Crippen molar-refractivity contribution in [1.29, 1.82) is 0 Å². The largest absolute Gasteiger partial charge is 0.332 e. The number of benzene rings is 2. The van der Waals surface area contributed by atoms with Gasteiger partial charge in [0.25, 0.3) is 0 Å². The Morgan fingerprint density at radius 2 is 1.73 bits per heavy atom. The van der Waals surface area contributed by atoms with E-state index in [4.69, 9.17) is 0 Å². The third-order valence-electron chi connectivity index (χ3n) is 6.11. The van der Waals surface area contributed by atoms with Crippen LogP contribution in [0.3, 0.4) is 0 Å². The first kappa shape index (κ1) is 23.2. The predicted octanol–water partition coefficient (Wildman–Crippen LogP) is 5.46. The summed E-state index contributed by atoms with van der Waals surface area (Å²) in [5, 5.41) is 1.98. The number of halogens is 1. The Morgan fingerprint density at radius 1 is 1.00 bits per heavy atom. The van der Waals surface area contributed by atoms with Crippen LogP contribution < -0.4 is 0 Å². The molecule has 3 aromatic rings. The molecule has 0 spiro atoms. The summed E-state index contributed by atoms with van der Waals surface area (Å²) in [7, 11) is 0. The lowest BCUT2D eigenvalue weighted by atomic mass is 10.1. The third-order valence-corrected chi connectivity index (χ3v) is 6.97. The highest BCUT2D eigenvalue weighted by Gasteiger charge is 2.46. The summed E-state index contributed by atoms with van der Waals surface area (Å²) in [5.74, 6) is -0.192. The highest BCUT2D eigenvalue weighted by Crippen LogP contribution is 2.48. The molecule has 4 rings (SSSR count). The summed E-state index contributed by atoms with van der Waals surface area (Å²) in [4.78, 5) is 31.3. The molecule has 0 bridgehead atoms. The van der Waals surface area contributed by atoms with Crippen molar-refractivity contribution >= 4 is 23.2 Å². The molecule has 1 unspecified atom stereocenters. The minimum Gasteiger partial charge on any atom is -0.332 e. The number of thiophene rings is 1. The molecule has 1 fully saturated rings. The minimum atomic E-state index is -0.302. The van der Waals surface area contributed by atoms with Gasteiger partial charge in [-0.05, 0) is 60.9 Å². The number of hydrogen-bond donors (Lipinski definition) is 0. The molecular weight excluding hydrogens is 435 g/mol. The second kappa shape index (κ2) is 10.3. The Morgan fingerprint density at radius 3 is 2.36 bits per heavy atom. The molecule has 1 aromatic heterocycles. The fourth-order valence-electron chi connectivity index (χ4n) is 4.14. The summed E-state index contributed by atoms with van der Waals surface area (Å²) in [6.45, 7) is 4.78. The summed E-state index contributed by atoms with van der Waals surface area (Å²) < 4.78 is 13.4. The maximum absolute atomic E-state index is 13.4. The molecule has 33 heavy (non-hydrogen) atoms. The Kier molecular flexibility index (Phi) is 7.23. The highest BCUT2D eigenvalue weighted by molar-refractivity contribution is 7.09. The molecule has 1 aliphatic rings. The maximum Gasteiger partial charge on any atom is 0.242 e. The second-order valence-corrected chi connectivity index (χ2v) is 9.91. The summed E-state index contributed by atoms with van der Waals surface area (Å²) in [5.41, 5.74) is 2.04. The highest BCUT2D eigenvalue weighted by atomic mass is 32.1. The van der Waals surface area contributed by atoms with Crippen LogP contribution in [-0.4, -0.2) is 34.2 Å². The van der Waals surface area contributed by atoms with E-state index in [1.165, 1.54) is 17.7 Å². The molecule has 1 aliphatic carbocycles. The van der Waals surface area contributed by atoms with Gasteiger partial charge in [-0.15, -0.1) is 11.3 Å². The lowest BCUT2D eigenvalue weighted by Gasteiger charge is -2.30. The van der Waals surface area contributed by atoms with Crippen molar-refractivity contribution < 1.29 is 14.0 Å². The van der Waals surface area contributed by atoms with Gasteiger partial charge in [-0.1, -0.05) is 48.5 Å². The van der Waals surface area contributed by atoms with Gasteiger partial charge in [0.15, 0.2) is 0 Å². The first-order valence-electron chi connectivity index (χ1n) is 11.3. The molecule has 0 radical (unpaired) electrons. The van der Waals surface area contributed by atoms with E-state index in [2.05, 4.69) is 12.1 Å². The van der Waals surface area contributed by atoms with Crippen LogP contribution in [0.5, 0.6) is 0 Å². The number of carbonyl (C=O) groups excluding carboxylic acids is 2. The Labute approximate surface area is 198 Å². The molecule has 172 valence electrons.